The van der Waals surface area contributed by atoms with Crippen LogP contribution in [0.4, 0.5) is 0 Å². The van der Waals surface area contributed by atoms with Gasteiger partial charge in [0.25, 0.3) is 0 Å². The normalized spacial score (nSPS) is 22.9. The van der Waals surface area contributed by atoms with Gasteiger partial charge in [0.2, 0.25) is 0 Å². The summed E-state index contributed by atoms with van der Waals surface area (Å²) < 4.78 is 0. The molecule has 0 aromatic rings. The number of rotatable bonds is 2. The van der Waals surface area contributed by atoms with Gasteiger partial charge >= 0.3 is 0 Å². The molecule has 0 amide bonds. The van der Waals surface area contributed by atoms with Crippen LogP contribution in [-0.2, 0) is 0 Å². The first kappa shape index (κ1) is 10.3. The van der Waals surface area contributed by atoms with E-state index in [2.05, 4.69) is 37.8 Å². The van der Waals surface area contributed by atoms with Crippen molar-refractivity contribution in [1.82, 2.24) is 0 Å². The second-order valence-corrected chi connectivity index (χ2v) is 4.20. The highest BCUT2D eigenvalue weighted by Gasteiger charge is 2.14. The summed E-state index contributed by atoms with van der Waals surface area (Å²) in [5, 5.41) is 2.07. The number of thioether (sulfide) groups is 1. The molecule has 0 unspecified atom stereocenters. The van der Waals surface area contributed by atoms with Gasteiger partial charge < -0.3 is 0 Å². The molecule has 0 fully saturated rings. The SMILES string of the molecule is C=CN=C1C=CS/C1=C(/C)C(C)C. The van der Waals surface area contributed by atoms with E-state index in [0.29, 0.717) is 5.92 Å². The molecule has 0 spiro atoms. The molecule has 0 bridgehead atoms. The lowest BCUT2D eigenvalue weighted by Crippen LogP contribution is -1.99. The van der Waals surface area contributed by atoms with E-state index in [1.54, 1.807) is 18.0 Å². The first-order chi connectivity index (χ1) is 6.16. The zero-order valence-corrected chi connectivity index (χ0v) is 9.19. The first-order valence-corrected chi connectivity index (χ1v) is 5.27. The summed E-state index contributed by atoms with van der Waals surface area (Å²) in [6, 6.07) is 0. The fourth-order valence-electron chi connectivity index (χ4n) is 1.06. The van der Waals surface area contributed by atoms with Crippen molar-refractivity contribution in [3.8, 4) is 0 Å². The zero-order valence-electron chi connectivity index (χ0n) is 8.37. The van der Waals surface area contributed by atoms with Crippen molar-refractivity contribution in [2.75, 3.05) is 0 Å². The lowest BCUT2D eigenvalue weighted by atomic mass is 10.0. The quantitative estimate of drug-likeness (QED) is 0.650. The largest absolute Gasteiger partial charge is 0.256 e. The molecule has 1 aliphatic rings. The molecule has 0 saturated carbocycles. The minimum Gasteiger partial charge on any atom is -0.256 e. The van der Waals surface area contributed by atoms with E-state index in [-0.39, 0.29) is 0 Å². The molecule has 0 saturated heterocycles. The van der Waals surface area contributed by atoms with Crippen molar-refractivity contribution in [3.63, 3.8) is 0 Å². The summed E-state index contributed by atoms with van der Waals surface area (Å²) in [5.74, 6) is 0.581. The van der Waals surface area contributed by atoms with Crippen LogP contribution in [0.1, 0.15) is 20.8 Å². The first-order valence-electron chi connectivity index (χ1n) is 4.40. The Labute approximate surface area is 84.3 Å². The standard InChI is InChI=1S/C11H15NS/c1-5-12-10-6-7-13-11(10)9(4)8(2)3/h5-8H,1H2,2-4H3/b11-9-,12-10?. The third kappa shape index (κ3) is 2.34. The Balaban J connectivity index is 3.01. The molecule has 13 heavy (non-hydrogen) atoms. The molecule has 0 N–H and O–H groups in total. The molecular weight excluding hydrogens is 178 g/mol. The Bertz CT molecular complexity index is 295. The third-order valence-electron chi connectivity index (χ3n) is 2.10. The number of nitrogens with zero attached hydrogens (tertiary/aromatic N) is 1. The van der Waals surface area contributed by atoms with E-state index in [9.17, 15) is 0 Å². The Morgan fingerprint density at radius 1 is 1.62 bits per heavy atom. The van der Waals surface area contributed by atoms with E-state index in [1.165, 1.54) is 10.5 Å². The maximum absolute atomic E-state index is 4.22. The molecule has 0 aliphatic carbocycles. The number of hydrogen-bond donors (Lipinski definition) is 0. The molecule has 1 nitrogen and oxygen atoms in total. The van der Waals surface area contributed by atoms with Gasteiger partial charge in [-0.2, -0.15) is 0 Å². The topological polar surface area (TPSA) is 12.4 Å². The maximum Gasteiger partial charge on any atom is 0.0773 e. The lowest BCUT2D eigenvalue weighted by Gasteiger charge is -2.09. The second-order valence-electron chi connectivity index (χ2n) is 3.28. The van der Waals surface area contributed by atoms with Crippen molar-refractivity contribution in [2.24, 2.45) is 10.9 Å². The monoisotopic (exact) mass is 193 g/mol. The fraction of sp³-hybridized carbons (Fsp3) is 0.364. The summed E-state index contributed by atoms with van der Waals surface area (Å²) >= 11 is 1.75. The van der Waals surface area contributed by atoms with Crippen molar-refractivity contribution in [3.05, 3.63) is 34.7 Å². The fourth-order valence-corrected chi connectivity index (χ4v) is 2.06. The van der Waals surface area contributed by atoms with Gasteiger partial charge in [0, 0.05) is 11.1 Å². The number of aliphatic imine (C=N–C) groups is 1. The van der Waals surface area contributed by atoms with Gasteiger partial charge in [-0.25, -0.2) is 0 Å². The lowest BCUT2D eigenvalue weighted by molar-refractivity contribution is 0.769. The molecule has 1 rings (SSSR count). The molecule has 70 valence electrons. The van der Waals surface area contributed by atoms with Crippen molar-refractivity contribution < 1.29 is 0 Å². The molecular formula is C11H15NS. The van der Waals surface area contributed by atoms with Crippen LogP contribution in [-0.4, -0.2) is 5.71 Å². The van der Waals surface area contributed by atoms with Gasteiger partial charge in [0.05, 0.1) is 5.71 Å². The summed E-state index contributed by atoms with van der Waals surface area (Å²) in [6.07, 6.45) is 3.63. The Kier molecular flexibility index (Phi) is 3.55. The predicted octanol–water partition coefficient (Wildman–Crippen LogP) is 3.76. The Hall–Kier alpha value is -0.760. The highest BCUT2D eigenvalue weighted by atomic mass is 32.2. The van der Waals surface area contributed by atoms with Gasteiger partial charge in [-0.1, -0.05) is 37.8 Å². The van der Waals surface area contributed by atoms with Crippen LogP contribution in [0.3, 0.4) is 0 Å². The van der Waals surface area contributed by atoms with Crippen molar-refractivity contribution in [1.29, 1.82) is 0 Å². The minimum absolute atomic E-state index is 0.581. The molecule has 1 aliphatic heterocycles. The van der Waals surface area contributed by atoms with Crippen LogP contribution in [0.25, 0.3) is 0 Å². The van der Waals surface area contributed by atoms with E-state index in [4.69, 9.17) is 0 Å². The average molecular weight is 193 g/mol. The molecule has 1 heterocycles. The average Bonchev–Trinajstić information content (AvgIpc) is 2.52. The summed E-state index contributed by atoms with van der Waals surface area (Å²) in [7, 11) is 0. The molecule has 2 heteroatoms. The van der Waals surface area contributed by atoms with Crippen molar-refractivity contribution in [2.45, 2.75) is 20.8 Å². The van der Waals surface area contributed by atoms with E-state index < -0.39 is 0 Å². The smallest absolute Gasteiger partial charge is 0.0773 e. The number of allylic oxidation sites excluding steroid dienone is 3. The molecule has 0 aromatic carbocycles. The summed E-state index contributed by atoms with van der Waals surface area (Å²) in [6.45, 7) is 10.2. The van der Waals surface area contributed by atoms with Gasteiger partial charge in [-0.3, -0.25) is 4.99 Å². The Morgan fingerprint density at radius 2 is 2.31 bits per heavy atom. The highest BCUT2D eigenvalue weighted by molar-refractivity contribution is 8.07. The van der Waals surface area contributed by atoms with Crippen LogP contribution < -0.4 is 0 Å². The highest BCUT2D eigenvalue weighted by Crippen LogP contribution is 2.32. The van der Waals surface area contributed by atoms with E-state index in [1.807, 2.05) is 6.08 Å². The Morgan fingerprint density at radius 3 is 2.85 bits per heavy atom. The predicted molar refractivity (Wildman–Crippen MR) is 61.9 cm³/mol. The van der Waals surface area contributed by atoms with Crippen LogP contribution in [0.2, 0.25) is 0 Å². The van der Waals surface area contributed by atoms with Crippen LogP contribution >= 0.6 is 11.8 Å². The van der Waals surface area contributed by atoms with Crippen LogP contribution in [0.5, 0.6) is 0 Å². The molecule has 0 aromatic heterocycles. The van der Waals surface area contributed by atoms with Gasteiger partial charge in [0.15, 0.2) is 0 Å². The van der Waals surface area contributed by atoms with Crippen LogP contribution in [0.15, 0.2) is 39.7 Å². The van der Waals surface area contributed by atoms with Gasteiger partial charge in [0.1, 0.15) is 0 Å². The minimum atomic E-state index is 0.581. The number of hydrogen-bond acceptors (Lipinski definition) is 2. The summed E-state index contributed by atoms with van der Waals surface area (Å²) in [5.41, 5.74) is 2.45. The van der Waals surface area contributed by atoms with Gasteiger partial charge in [-0.15, -0.1) is 0 Å². The summed E-state index contributed by atoms with van der Waals surface area (Å²) in [4.78, 5) is 5.51. The zero-order chi connectivity index (χ0) is 9.84. The van der Waals surface area contributed by atoms with Crippen LogP contribution in [0, 0.1) is 5.92 Å². The third-order valence-corrected chi connectivity index (χ3v) is 3.14. The van der Waals surface area contributed by atoms with Crippen molar-refractivity contribution >= 4 is 17.5 Å². The van der Waals surface area contributed by atoms with Gasteiger partial charge in [-0.05, 0) is 24.3 Å². The molecule has 0 radical (unpaired) electrons. The second kappa shape index (κ2) is 4.47. The van der Waals surface area contributed by atoms with E-state index in [0.717, 1.165) is 5.71 Å². The van der Waals surface area contributed by atoms with E-state index >= 15 is 0 Å². The maximum atomic E-state index is 4.22. The molecule has 0 atom stereocenters.